The molecule has 18 heavy (non-hydrogen) atoms. The van der Waals surface area contributed by atoms with E-state index in [1.54, 1.807) is 24.8 Å². The van der Waals surface area contributed by atoms with Crippen molar-refractivity contribution in [1.29, 1.82) is 0 Å². The maximum absolute atomic E-state index is 10.7. The molecule has 0 aliphatic heterocycles. The molecule has 0 atom stereocenters. The lowest BCUT2D eigenvalue weighted by atomic mass is 10.2. The van der Waals surface area contributed by atoms with Gasteiger partial charge >= 0.3 is 0 Å². The number of nitrogens with zero attached hydrogens (tertiary/aromatic N) is 4. The maximum Gasteiger partial charge on any atom is 0.271 e. The van der Waals surface area contributed by atoms with Crippen LogP contribution in [0.1, 0.15) is 0 Å². The molecule has 0 aliphatic rings. The molecule has 0 spiro atoms. The van der Waals surface area contributed by atoms with Crippen LogP contribution in [0.15, 0.2) is 49.1 Å². The van der Waals surface area contributed by atoms with Gasteiger partial charge < -0.3 is 0 Å². The largest absolute Gasteiger partial charge is 0.299 e. The van der Waals surface area contributed by atoms with Gasteiger partial charge in [0.15, 0.2) is 0 Å². The number of fused-ring (bicyclic) bond motifs is 1. The number of nitro groups is 1. The summed E-state index contributed by atoms with van der Waals surface area (Å²) in [5, 5.41) is 10.7. The van der Waals surface area contributed by atoms with Crippen molar-refractivity contribution in [3.8, 4) is 5.69 Å². The molecule has 6 nitrogen and oxygen atoms in total. The molecular formula is C12H8N4O2. The van der Waals surface area contributed by atoms with Crippen LogP contribution in [0.3, 0.4) is 0 Å². The summed E-state index contributed by atoms with van der Waals surface area (Å²) >= 11 is 0. The molecule has 2 aromatic heterocycles. The second-order valence-electron chi connectivity index (χ2n) is 3.75. The highest BCUT2D eigenvalue weighted by atomic mass is 16.6. The summed E-state index contributed by atoms with van der Waals surface area (Å²) in [6.45, 7) is 0. The van der Waals surface area contributed by atoms with Crippen LogP contribution in [0.5, 0.6) is 0 Å². The molecule has 0 amide bonds. The average Bonchev–Trinajstić information content (AvgIpc) is 2.82. The van der Waals surface area contributed by atoms with Gasteiger partial charge in [0.1, 0.15) is 6.33 Å². The third kappa shape index (κ3) is 1.60. The smallest absolute Gasteiger partial charge is 0.271 e. The van der Waals surface area contributed by atoms with E-state index >= 15 is 0 Å². The molecule has 2 heterocycles. The number of benzene rings is 1. The van der Waals surface area contributed by atoms with Crippen molar-refractivity contribution < 1.29 is 4.92 Å². The van der Waals surface area contributed by atoms with Crippen LogP contribution < -0.4 is 0 Å². The van der Waals surface area contributed by atoms with Crippen LogP contribution >= 0.6 is 0 Å². The monoisotopic (exact) mass is 240 g/mol. The predicted molar refractivity (Wildman–Crippen MR) is 65.5 cm³/mol. The van der Waals surface area contributed by atoms with E-state index in [1.807, 2.05) is 16.7 Å². The number of pyridine rings is 1. The van der Waals surface area contributed by atoms with Crippen molar-refractivity contribution in [1.82, 2.24) is 14.5 Å². The number of nitro benzene ring substituents is 1. The van der Waals surface area contributed by atoms with Gasteiger partial charge in [0.25, 0.3) is 5.69 Å². The molecular weight excluding hydrogens is 232 g/mol. The third-order valence-electron chi connectivity index (χ3n) is 2.68. The van der Waals surface area contributed by atoms with Gasteiger partial charge in [-0.2, -0.15) is 0 Å². The minimum Gasteiger partial charge on any atom is -0.299 e. The van der Waals surface area contributed by atoms with E-state index in [0.29, 0.717) is 5.52 Å². The first-order valence-electron chi connectivity index (χ1n) is 5.27. The molecule has 3 aromatic rings. The van der Waals surface area contributed by atoms with Crippen LogP contribution in [-0.4, -0.2) is 19.5 Å². The van der Waals surface area contributed by atoms with Gasteiger partial charge in [0, 0.05) is 24.5 Å². The highest BCUT2D eigenvalue weighted by Crippen LogP contribution is 2.22. The molecule has 0 radical (unpaired) electrons. The van der Waals surface area contributed by atoms with Crippen LogP contribution in [0.25, 0.3) is 16.7 Å². The minimum absolute atomic E-state index is 0.0440. The van der Waals surface area contributed by atoms with Gasteiger partial charge in [0.2, 0.25) is 0 Å². The lowest BCUT2D eigenvalue weighted by molar-refractivity contribution is -0.384. The van der Waals surface area contributed by atoms with Crippen molar-refractivity contribution in [3.05, 3.63) is 59.2 Å². The maximum atomic E-state index is 10.7. The summed E-state index contributed by atoms with van der Waals surface area (Å²) in [5.41, 5.74) is 2.39. The van der Waals surface area contributed by atoms with E-state index in [4.69, 9.17) is 0 Å². The Kier molecular flexibility index (Phi) is 2.26. The fraction of sp³-hybridized carbons (Fsp3) is 0. The third-order valence-corrected chi connectivity index (χ3v) is 2.68. The first-order valence-corrected chi connectivity index (χ1v) is 5.27. The Bertz CT molecular complexity index is 721. The zero-order valence-corrected chi connectivity index (χ0v) is 9.22. The van der Waals surface area contributed by atoms with Crippen molar-refractivity contribution in [3.63, 3.8) is 0 Å². The molecule has 0 saturated heterocycles. The van der Waals surface area contributed by atoms with Gasteiger partial charge in [-0.1, -0.05) is 0 Å². The fourth-order valence-corrected chi connectivity index (χ4v) is 1.83. The Balaban J connectivity index is 2.19. The first-order chi connectivity index (χ1) is 8.75. The van der Waals surface area contributed by atoms with E-state index in [-0.39, 0.29) is 5.69 Å². The standard InChI is InChI=1S/C12H8N4O2/c17-16(18)10-1-2-12-11(7-10)14-8-15(12)9-3-5-13-6-4-9/h1-8H. The second-order valence-corrected chi connectivity index (χ2v) is 3.75. The van der Waals surface area contributed by atoms with Crippen LogP contribution in [-0.2, 0) is 0 Å². The van der Waals surface area contributed by atoms with Crippen molar-refractivity contribution >= 4 is 16.7 Å². The predicted octanol–water partition coefficient (Wildman–Crippen LogP) is 2.33. The summed E-state index contributed by atoms with van der Waals surface area (Å²) < 4.78 is 1.86. The highest BCUT2D eigenvalue weighted by Gasteiger charge is 2.10. The first kappa shape index (κ1) is 10.4. The molecule has 0 bridgehead atoms. The number of imidazole rings is 1. The van der Waals surface area contributed by atoms with E-state index in [2.05, 4.69) is 9.97 Å². The Morgan fingerprint density at radius 2 is 1.94 bits per heavy atom. The van der Waals surface area contributed by atoms with E-state index < -0.39 is 4.92 Å². The average molecular weight is 240 g/mol. The number of hydrogen-bond acceptors (Lipinski definition) is 4. The van der Waals surface area contributed by atoms with Gasteiger partial charge in [-0.3, -0.25) is 19.7 Å². The van der Waals surface area contributed by atoms with Crippen molar-refractivity contribution in [2.75, 3.05) is 0 Å². The molecule has 0 fully saturated rings. The lowest BCUT2D eigenvalue weighted by Gasteiger charge is -2.02. The van der Waals surface area contributed by atoms with Gasteiger partial charge in [-0.05, 0) is 18.2 Å². The molecule has 1 aromatic carbocycles. The topological polar surface area (TPSA) is 73.8 Å². The molecule has 3 rings (SSSR count). The number of hydrogen-bond donors (Lipinski definition) is 0. The van der Waals surface area contributed by atoms with Gasteiger partial charge in [-0.25, -0.2) is 4.98 Å². The van der Waals surface area contributed by atoms with Crippen LogP contribution in [0.4, 0.5) is 5.69 Å². The lowest BCUT2D eigenvalue weighted by Crippen LogP contribution is -1.92. The molecule has 88 valence electrons. The fourth-order valence-electron chi connectivity index (χ4n) is 1.83. The summed E-state index contributed by atoms with van der Waals surface area (Å²) in [6.07, 6.45) is 5.02. The quantitative estimate of drug-likeness (QED) is 0.509. The van der Waals surface area contributed by atoms with Gasteiger partial charge in [0.05, 0.1) is 21.6 Å². The SMILES string of the molecule is O=[N+]([O-])c1ccc2c(c1)ncn2-c1ccncc1. The Morgan fingerprint density at radius 1 is 1.17 bits per heavy atom. The Hall–Kier alpha value is -2.76. The molecule has 0 unspecified atom stereocenters. The summed E-state index contributed by atoms with van der Waals surface area (Å²) in [6, 6.07) is 8.33. The second kappa shape index (κ2) is 3.92. The Labute approximate surface area is 102 Å². The zero-order chi connectivity index (χ0) is 12.5. The normalized spacial score (nSPS) is 10.7. The Morgan fingerprint density at radius 3 is 2.67 bits per heavy atom. The van der Waals surface area contributed by atoms with Crippen molar-refractivity contribution in [2.45, 2.75) is 0 Å². The number of aromatic nitrogens is 3. The minimum atomic E-state index is -0.426. The summed E-state index contributed by atoms with van der Waals surface area (Å²) in [5.74, 6) is 0. The molecule has 6 heteroatoms. The van der Waals surface area contributed by atoms with Gasteiger partial charge in [-0.15, -0.1) is 0 Å². The summed E-state index contributed by atoms with van der Waals surface area (Å²) in [7, 11) is 0. The zero-order valence-electron chi connectivity index (χ0n) is 9.22. The van der Waals surface area contributed by atoms with E-state index in [9.17, 15) is 10.1 Å². The number of non-ortho nitro benzene ring substituents is 1. The molecule has 0 N–H and O–H groups in total. The molecule has 0 saturated carbocycles. The van der Waals surface area contributed by atoms with E-state index in [0.717, 1.165) is 11.2 Å². The van der Waals surface area contributed by atoms with Crippen LogP contribution in [0, 0.1) is 10.1 Å². The van der Waals surface area contributed by atoms with Crippen LogP contribution in [0.2, 0.25) is 0 Å². The van der Waals surface area contributed by atoms with Crippen molar-refractivity contribution in [2.24, 2.45) is 0 Å². The number of rotatable bonds is 2. The molecule has 0 aliphatic carbocycles. The highest BCUT2D eigenvalue weighted by molar-refractivity contribution is 5.79. The summed E-state index contributed by atoms with van der Waals surface area (Å²) in [4.78, 5) is 18.4. The van der Waals surface area contributed by atoms with E-state index in [1.165, 1.54) is 12.1 Å².